The Bertz CT molecular complexity index is 899. The molecule has 0 radical (unpaired) electrons. The molecular formula is C20H19BrClN3O. The van der Waals surface area contributed by atoms with Gasteiger partial charge in [-0.2, -0.15) is 0 Å². The van der Waals surface area contributed by atoms with Crippen molar-refractivity contribution in [3.63, 3.8) is 0 Å². The van der Waals surface area contributed by atoms with E-state index in [1.807, 2.05) is 48.5 Å². The molecular weight excluding hydrogens is 414 g/mol. The minimum absolute atomic E-state index is 0.0394. The van der Waals surface area contributed by atoms with Crippen LogP contribution in [0.4, 0.5) is 5.69 Å². The van der Waals surface area contributed by atoms with Gasteiger partial charge in [-0.1, -0.05) is 27.5 Å². The van der Waals surface area contributed by atoms with E-state index in [0.29, 0.717) is 17.1 Å². The van der Waals surface area contributed by atoms with Crippen LogP contribution in [0.3, 0.4) is 0 Å². The Morgan fingerprint density at radius 1 is 1.04 bits per heavy atom. The Hall–Kier alpha value is -2.11. The van der Waals surface area contributed by atoms with Crippen LogP contribution in [0.2, 0.25) is 5.02 Å². The molecule has 0 saturated carbocycles. The second-order valence-corrected chi connectivity index (χ2v) is 7.27. The van der Waals surface area contributed by atoms with Crippen LogP contribution in [-0.2, 0) is 0 Å². The SMILES string of the molecule is O=C(NCCCCNc1ccnc2cc(Cl)ccc12)c1ccc(Br)cc1. The van der Waals surface area contributed by atoms with Gasteiger partial charge in [0.1, 0.15) is 0 Å². The number of fused-ring (bicyclic) bond motifs is 1. The molecule has 2 N–H and O–H groups in total. The Kier molecular flexibility index (Phi) is 6.47. The molecule has 26 heavy (non-hydrogen) atoms. The first-order valence-corrected chi connectivity index (χ1v) is 9.62. The lowest BCUT2D eigenvalue weighted by Gasteiger charge is -2.10. The van der Waals surface area contributed by atoms with Gasteiger partial charge < -0.3 is 10.6 Å². The number of nitrogens with one attached hydrogen (secondary N) is 2. The second-order valence-electron chi connectivity index (χ2n) is 5.92. The monoisotopic (exact) mass is 431 g/mol. The van der Waals surface area contributed by atoms with Gasteiger partial charge >= 0.3 is 0 Å². The number of halogens is 2. The second kappa shape index (κ2) is 9.01. The third kappa shape index (κ3) is 4.96. The Balaban J connectivity index is 1.42. The summed E-state index contributed by atoms with van der Waals surface area (Å²) in [5, 5.41) is 8.12. The zero-order chi connectivity index (χ0) is 18.4. The van der Waals surface area contributed by atoms with Crippen molar-refractivity contribution in [1.82, 2.24) is 10.3 Å². The summed E-state index contributed by atoms with van der Waals surface area (Å²) in [4.78, 5) is 16.4. The number of amides is 1. The third-order valence-corrected chi connectivity index (χ3v) is 4.78. The highest BCUT2D eigenvalue weighted by Gasteiger charge is 2.04. The number of pyridine rings is 1. The van der Waals surface area contributed by atoms with E-state index in [1.165, 1.54) is 0 Å². The Labute approximate surface area is 166 Å². The van der Waals surface area contributed by atoms with Gasteiger partial charge in [-0.25, -0.2) is 0 Å². The van der Waals surface area contributed by atoms with Gasteiger partial charge in [0.05, 0.1) is 5.52 Å². The molecule has 3 aromatic rings. The fraction of sp³-hybridized carbons (Fsp3) is 0.200. The van der Waals surface area contributed by atoms with Crippen molar-refractivity contribution in [2.24, 2.45) is 0 Å². The van der Waals surface area contributed by atoms with E-state index >= 15 is 0 Å². The number of nitrogens with zero attached hydrogens (tertiary/aromatic N) is 1. The van der Waals surface area contributed by atoms with Crippen molar-refractivity contribution in [3.8, 4) is 0 Å². The van der Waals surface area contributed by atoms with Crippen LogP contribution in [0, 0.1) is 0 Å². The molecule has 134 valence electrons. The first-order valence-electron chi connectivity index (χ1n) is 8.45. The average Bonchev–Trinajstić information content (AvgIpc) is 2.64. The lowest BCUT2D eigenvalue weighted by Crippen LogP contribution is -2.24. The molecule has 3 rings (SSSR count). The number of anilines is 1. The lowest BCUT2D eigenvalue weighted by molar-refractivity contribution is 0.0953. The van der Waals surface area contributed by atoms with Crippen molar-refractivity contribution in [1.29, 1.82) is 0 Å². The summed E-state index contributed by atoms with van der Waals surface area (Å²) in [5.74, 6) is -0.0394. The molecule has 0 aliphatic rings. The van der Waals surface area contributed by atoms with Crippen molar-refractivity contribution >= 4 is 50.0 Å². The number of aromatic nitrogens is 1. The summed E-state index contributed by atoms with van der Waals surface area (Å²) >= 11 is 9.38. The fourth-order valence-electron chi connectivity index (χ4n) is 2.65. The van der Waals surface area contributed by atoms with Crippen molar-refractivity contribution in [3.05, 3.63) is 69.8 Å². The molecule has 0 spiro atoms. The number of benzene rings is 2. The van der Waals surface area contributed by atoms with E-state index in [1.54, 1.807) is 6.20 Å². The summed E-state index contributed by atoms with van der Waals surface area (Å²) in [6.07, 6.45) is 3.64. The van der Waals surface area contributed by atoms with E-state index in [4.69, 9.17) is 11.6 Å². The van der Waals surface area contributed by atoms with Crippen molar-refractivity contribution in [2.75, 3.05) is 18.4 Å². The average molecular weight is 433 g/mol. The van der Waals surface area contributed by atoms with E-state index in [-0.39, 0.29) is 5.91 Å². The molecule has 0 atom stereocenters. The fourth-order valence-corrected chi connectivity index (χ4v) is 3.08. The van der Waals surface area contributed by atoms with Crippen LogP contribution in [0.5, 0.6) is 0 Å². The number of rotatable bonds is 7. The molecule has 2 aromatic carbocycles. The first kappa shape index (κ1) is 18.7. The van der Waals surface area contributed by atoms with Gasteiger partial charge in [-0.05, 0) is 61.4 Å². The van der Waals surface area contributed by atoms with Crippen LogP contribution in [0.15, 0.2) is 59.2 Å². The highest BCUT2D eigenvalue weighted by Crippen LogP contribution is 2.24. The zero-order valence-electron chi connectivity index (χ0n) is 14.1. The van der Waals surface area contributed by atoms with Gasteiger partial charge in [-0.15, -0.1) is 0 Å². The Morgan fingerprint density at radius 2 is 1.81 bits per heavy atom. The Morgan fingerprint density at radius 3 is 2.62 bits per heavy atom. The van der Waals surface area contributed by atoms with Crippen molar-refractivity contribution in [2.45, 2.75) is 12.8 Å². The third-order valence-electron chi connectivity index (χ3n) is 4.02. The van der Waals surface area contributed by atoms with E-state index in [9.17, 15) is 4.79 Å². The smallest absolute Gasteiger partial charge is 0.251 e. The van der Waals surface area contributed by atoms with Gasteiger partial charge in [0, 0.05) is 45.4 Å². The normalized spacial score (nSPS) is 10.7. The quantitative estimate of drug-likeness (QED) is 0.500. The molecule has 0 unspecified atom stereocenters. The minimum Gasteiger partial charge on any atom is -0.384 e. The molecule has 0 fully saturated rings. The molecule has 6 heteroatoms. The highest BCUT2D eigenvalue weighted by atomic mass is 79.9. The van der Waals surface area contributed by atoms with Gasteiger partial charge in [0.25, 0.3) is 5.91 Å². The molecule has 1 amide bonds. The largest absolute Gasteiger partial charge is 0.384 e. The number of hydrogen-bond donors (Lipinski definition) is 2. The number of carbonyl (C=O) groups is 1. The predicted octanol–water partition coefficient (Wildman–Crippen LogP) is 5.27. The van der Waals surface area contributed by atoms with E-state index in [0.717, 1.165) is 40.4 Å². The highest BCUT2D eigenvalue weighted by molar-refractivity contribution is 9.10. The first-order chi connectivity index (χ1) is 12.6. The molecule has 1 heterocycles. The predicted molar refractivity (Wildman–Crippen MR) is 111 cm³/mol. The molecule has 0 bridgehead atoms. The minimum atomic E-state index is -0.0394. The van der Waals surface area contributed by atoms with E-state index < -0.39 is 0 Å². The number of hydrogen-bond acceptors (Lipinski definition) is 3. The van der Waals surface area contributed by atoms with E-state index in [2.05, 4.69) is 31.5 Å². The maximum atomic E-state index is 12.0. The number of carbonyl (C=O) groups excluding carboxylic acids is 1. The van der Waals surface area contributed by atoms with Crippen LogP contribution >= 0.6 is 27.5 Å². The summed E-state index contributed by atoms with van der Waals surface area (Å²) in [6, 6.07) is 15.0. The topological polar surface area (TPSA) is 54.0 Å². The van der Waals surface area contributed by atoms with Crippen LogP contribution < -0.4 is 10.6 Å². The van der Waals surface area contributed by atoms with Crippen LogP contribution in [0.25, 0.3) is 10.9 Å². The van der Waals surface area contributed by atoms with Gasteiger partial charge in [0.2, 0.25) is 0 Å². The van der Waals surface area contributed by atoms with Crippen LogP contribution in [0.1, 0.15) is 23.2 Å². The molecule has 0 aliphatic carbocycles. The lowest BCUT2D eigenvalue weighted by atomic mass is 10.2. The van der Waals surface area contributed by atoms with Crippen molar-refractivity contribution < 1.29 is 4.79 Å². The summed E-state index contributed by atoms with van der Waals surface area (Å²) in [7, 11) is 0. The molecule has 0 saturated heterocycles. The van der Waals surface area contributed by atoms with Gasteiger partial charge in [0.15, 0.2) is 0 Å². The maximum absolute atomic E-state index is 12.0. The number of unbranched alkanes of at least 4 members (excludes halogenated alkanes) is 1. The summed E-state index contributed by atoms with van der Waals surface area (Å²) in [6.45, 7) is 1.49. The van der Waals surface area contributed by atoms with Gasteiger partial charge in [-0.3, -0.25) is 9.78 Å². The van der Waals surface area contributed by atoms with Crippen LogP contribution in [-0.4, -0.2) is 24.0 Å². The molecule has 4 nitrogen and oxygen atoms in total. The maximum Gasteiger partial charge on any atom is 0.251 e. The zero-order valence-corrected chi connectivity index (χ0v) is 16.5. The molecule has 0 aliphatic heterocycles. The standard InChI is InChI=1S/C20H19BrClN3O/c21-15-5-3-14(4-6-15)20(26)25-11-2-1-10-23-18-9-12-24-19-13-16(22)7-8-17(18)19/h3-9,12-13H,1-2,10-11H2,(H,23,24)(H,25,26). The molecule has 1 aromatic heterocycles. The summed E-state index contributed by atoms with van der Waals surface area (Å²) in [5.41, 5.74) is 2.60. The summed E-state index contributed by atoms with van der Waals surface area (Å²) < 4.78 is 0.964.